The lowest BCUT2D eigenvalue weighted by molar-refractivity contribution is -0.138. The number of aromatic nitrogens is 1. The number of carboxylic acid groups (broad SMARTS) is 1. The second kappa shape index (κ2) is 11.8. The molecule has 1 aromatic heterocycles. The number of carboxylic acids is 1. The van der Waals surface area contributed by atoms with Crippen molar-refractivity contribution in [3.8, 4) is 0 Å². The number of hydrogen-bond acceptors (Lipinski definition) is 5. The Balaban J connectivity index is 1.63. The van der Waals surface area contributed by atoms with Crippen LogP contribution in [-0.4, -0.2) is 46.5 Å². The van der Waals surface area contributed by atoms with Crippen molar-refractivity contribution in [1.82, 2.24) is 10.3 Å². The van der Waals surface area contributed by atoms with Gasteiger partial charge in [-0.15, -0.1) is 0 Å². The van der Waals surface area contributed by atoms with Gasteiger partial charge in [0.15, 0.2) is 0 Å². The summed E-state index contributed by atoms with van der Waals surface area (Å²) in [5, 5.41) is 12.7. The number of aliphatic carboxylic acids is 1. The summed E-state index contributed by atoms with van der Waals surface area (Å²) in [6.07, 6.45) is 8.02. The maximum atomic E-state index is 13.8. The van der Waals surface area contributed by atoms with E-state index in [1.165, 1.54) is 6.42 Å². The Labute approximate surface area is 219 Å². The lowest BCUT2D eigenvalue weighted by Gasteiger charge is -2.37. The van der Waals surface area contributed by atoms with E-state index in [1.54, 1.807) is 17.3 Å². The number of rotatable bonds is 9. The number of benzene rings is 1. The summed E-state index contributed by atoms with van der Waals surface area (Å²) in [5.74, 6) is -1.29. The van der Waals surface area contributed by atoms with Crippen molar-refractivity contribution in [2.75, 3.05) is 16.3 Å². The van der Waals surface area contributed by atoms with Crippen LogP contribution in [0.5, 0.6) is 0 Å². The maximum Gasteiger partial charge on any atom is 0.305 e. The van der Waals surface area contributed by atoms with Gasteiger partial charge in [0.25, 0.3) is 0 Å². The zero-order chi connectivity index (χ0) is 26.5. The minimum atomic E-state index is -1.01. The van der Waals surface area contributed by atoms with Crippen LogP contribution in [0.2, 0.25) is 0 Å². The zero-order valence-electron chi connectivity index (χ0n) is 22.0. The van der Waals surface area contributed by atoms with E-state index in [4.69, 9.17) is 0 Å². The van der Waals surface area contributed by atoms with Crippen LogP contribution in [0, 0.1) is 5.92 Å². The molecule has 2 aliphatic heterocycles. The fourth-order valence-corrected chi connectivity index (χ4v) is 5.54. The fraction of sp³-hybridized carbons (Fsp3) is 0.517. The highest BCUT2D eigenvalue weighted by Gasteiger charge is 2.36. The van der Waals surface area contributed by atoms with E-state index >= 15 is 0 Å². The number of hydrogen-bond donors (Lipinski definition) is 2. The molecule has 8 nitrogen and oxygen atoms in total. The minimum absolute atomic E-state index is 0.0861. The van der Waals surface area contributed by atoms with Crippen molar-refractivity contribution in [1.29, 1.82) is 0 Å². The number of carbonyl (C=O) groups is 3. The molecule has 37 heavy (non-hydrogen) atoms. The quantitative estimate of drug-likeness (QED) is 0.520. The van der Waals surface area contributed by atoms with E-state index in [0.29, 0.717) is 30.9 Å². The SMILES string of the molecule is CC(C)CC(C(=O)N[C@@H](CC(=O)O)c1cncc(N2CCCC[C@@H]2C)c1)N1C(=O)CCc2ccccc21. The van der Waals surface area contributed by atoms with E-state index in [1.807, 2.05) is 44.2 Å². The number of pyridine rings is 1. The smallest absolute Gasteiger partial charge is 0.305 e. The second-order valence-electron chi connectivity index (χ2n) is 10.7. The van der Waals surface area contributed by atoms with Crippen LogP contribution in [0.25, 0.3) is 0 Å². The molecule has 1 unspecified atom stereocenters. The Morgan fingerprint density at radius 1 is 1.16 bits per heavy atom. The van der Waals surface area contributed by atoms with E-state index < -0.39 is 18.1 Å². The molecule has 0 bridgehead atoms. The van der Waals surface area contributed by atoms with Crippen LogP contribution in [0.15, 0.2) is 42.7 Å². The molecule has 2 aromatic rings. The molecular formula is C29H38N4O4. The molecule has 0 saturated carbocycles. The predicted molar refractivity (Wildman–Crippen MR) is 144 cm³/mol. The van der Waals surface area contributed by atoms with E-state index in [2.05, 4.69) is 22.1 Å². The van der Waals surface area contributed by atoms with Crippen molar-refractivity contribution in [3.05, 3.63) is 53.9 Å². The molecule has 2 N–H and O–H groups in total. The number of carbonyl (C=O) groups excluding carboxylic acids is 2. The average molecular weight is 507 g/mol. The lowest BCUT2D eigenvalue weighted by atomic mass is 9.94. The van der Waals surface area contributed by atoms with Crippen LogP contribution < -0.4 is 15.1 Å². The largest absolute Gasteiger partial charge is 0.481 e. The van der Waals surface area contributed by atoms with Gasteiger partial charge in [-0.05, 0) is 68.2 Å². The van der Waals surface area contributed by atoms with Gasteiger partial charge in [0.05, 0.1) is 24.3 Å². The molecule has 8 heteroatoms. The van der Waals surface area contributed by atoms with Crippen LogP contribution in [0.4, 0.5) is 11.4 Å². The summed E-state index contributed by atoms with van der Waals surface area (Å²) in [6, 6.07) is 8.52. The number of anilines is 2. The Morgan fingerprint density at radius 3 is 2.68 bits per heavy atom. The van der Waals surface area contributed by atoms with Crippen LogP contribution >= 0.6 is 0 Å². The maximum absolute atomic E-state index is 13.8. The number of fused-ring (bicyclic) bond motifs is 1. The topological polar surface area (TPSA) is 103 Å². The van der Waals surface area contributed by atoms with Crippen LogP contribution in [0.3, 0.4) is 0 Å². The molecule has 3 atom stereocenters. The molecule has 1 fully saturated rings. The summed E-state index contributed by atoms with van der Waals surface area (Å²) in [4.78, 5) is 47.1. The van der Waals surface area contributed by atoms with Gasteiger partial charge in [0, 0.05) is 30.9 Å². The first-order valence-corrected chi connectivity index (χ1v) is 13.4. The highest BCUT2D eigenvalue weighted by Crippen LogP contribution is 2.32. The number of nitrogens with zero attached hydrogens (tertiary/aromatic N) is 3. The third-order valence-electron chi connectivity index (χ3n) is 7.41. The first kappa shape index (κ1) is 26.6. The summed E-state index contributed by atoms with van der Waals surface area (Å²) in [7, 11) is 0. The van der Waals surface area contributed by atoms with Gasteiger partial charge in [-0.2, -0.15) is 0 Å². The molecule has 0 radical (unpaired) electrons. The van der Waals surface area contributed by atoms with Gasteiger partial charge in [-0.25, -0.2) is 0 Å². The molecule has 4 rings (SSSR count). The Kier molecular flexibility index (Phi) is 8.46. The van der Waals surface area contributed by atoms with Crippen molar-refractivity contribution in [2.24, 2.45) is 5.92 Å². The Bertz CT molecular complexity index is 1130. The van der Waals surface area contributed by atoms with E-state index in [0.717, 1.165) is 36.3 Å². The Hall–Kier alpha value is -3.42. The third kappa shape index (κ3) is 6.29. The molecule has 3 heterocycles. The molecule has 1 aromatic carbocycles. The van der Waals surface area contributed by atoms with Gasteiger partial charge in [-0.3, -0.25) is 24.3 Å². The molecule has 198 valence electrons. The molecule has 1 saturated heterocycles. The average Bonchev–Trinajstić information content (AvgIpc) is 2.87. The minimum Gasteiger partial charge on any atom is -0.481 e. The number of nitrogens with one attached hydrogen (secondary N) is 1. The van der Waals surface area contributed by atoms with E-state index in [-0.39, 0.29) is 24.2 Å². The third-order valence-corrected chi connectivity index (χ3v) is 7.41. The highest BCUT2D eigenvalue weighted by molar-refractivity contribution is 6.03. The molecule has 0 spiro atoms. The lowest BCUT2D eigenvalue weighted by Crippen LogP contribution is -2.52. The summed E-state index contributed by atoms with van der Waals surface area (Å²) >= 11 is 0. The molecule has 2 amide bonds. The molecule has 2 aliphatic rings. The summed E-state index contributed by atoms with van der Waals surface area (Å²) in [6.45, 7) is 7.15. The van der Waals surface area contributed by atoms with E-state index in [9.17, 15) is 19.5 Å². The monoisotopic (exact) mass is 506 g/mol. The van der Waals surface area contributed by atoms with Crippen LogP contribution in [0.1, 0.15) is 76.5 Å². The van der Waals surface area contributed by atoms with Gasteiger partial charge < -0.3 is 15.3 Å². The predicted octanol–water partition coefficient (Wildman–Crippen LogP) is 4.49. The summed E-state index contributed by atoms with van der Waals surface area (Å²) < 4.78 is 0. The van der Waals surface area contributed by atoms with Gasteiger partial charge >= 0.3 is 5.97 Å². The van der Waals surface area contributed by atoms with Crippen molar-refractivity contribution < 1.29 is 19.5 Å². The van der Waals surface area contributed by atoms with Gasteiger partial charge in [0.2, 0.25) is 11.8 Å². The first-order chi connectivity index (χ1) is 17.7. The van der Waals surface area contributed by atoms with Crippen molar-refractivity contribution in [2.45, 2.75) is 83.8 Å². The summed E-state index contributed by atoms with van der Waals surface area (Å²) in [5.41, 5.74) is 3.39. The zero-order valence-corrected chi connectivity index (χ0v) is 22.0. The number of para-hydroxylation sites is 1. The normalized spacial score (nSPS) is 19.4. The highest BCUT2D eigenvalue weighted by atomic mass is 16.4. The van der Waals surface area contributed by atoms with Gasteiger partial charge in [0.1, 0.15) is 6.04 Å². The number of aryl methyl sites for hydroxylation is 1. The Morgan fingerprint density at radius 2 is 1.95 bits per heavy atom. The standard InChI is InChI=1S/C29H38N4O4/c1-19(2)14-26(33-25-10-5-4-9-21(25)11-12-27(33)34)29(37)31-24(16-28(35)36)22-15-23(18-30-17-22)32-13-7-6-8-20(32)3/h4-5,9-10,15,17-20,24,26H,6-8,11-14,16H2,1-3H3,(H,31,37)(H,35,36)/t20-,24-,26?/m0/s1. The van der Waals surface area contributed by atoms with Gasteiger partial charge in [-0.1, -0.05) is 32.0 Å². The molecular weight excluding hydrogens is 468 g/mol. The first-order valence-electron chi connectivity index (χ1n) is 13.4. The second-order valence-corrected chi connectivity index (χ2v) is 10.7. The number of amides is 2. The fourth-order valence-electron chi connectivity index (χ4n) is 5.54. The van der Waals surface area contributed by atoms with Crippen molar-refractivity contribution >= 4 is 29.2 Å². The van der Waals surface area contributed by atoms with Crippen molar-refractivity contribution in [3.63, 3.8) is 0 Å². The van der Waals surface area contributed by atoms with Crippen LogP contribution in [-0.2, 0) is 20.8 Å². The number of piperidine rings is 1. The molecule has 0 aliphatic carbocycles.